The molecule has 23 heavy (non-hydrogen) atoms. The Morgan fingerprint density at radius 3 is 2.74 bits per heavy atom. The van der Waals surface area contributed by atoms with Crippen LogP contribution in [0.5, 0.6) is 0 Å². The summed E-state index contributed by atoms with van der Waals surface area (Å²) < 4.78 is 0. The molecule has 2 aliphatic carbocycles. The lowest BCUT2D eigenvalue weighted by Crippen LogP contribution is -2.31. The monoisotopic (exact) mass is 324 g/mol. The van der Waals surface area contributed by atoms with Crippen molar-refractivity contribution in [3.63, 3.8) is 0 Å². The van der Waals surface area contributed by atoms with Crippen molar-refractivity contribution < 1.29 is 25.2 Å². The van der Waals surface area contributed by atoms with Crippen molar-refractivity contribution in [1.82, 2.24) is 0 Å². The Labute approximate surface area is 137 Å². The molecule has 6 unspecified atom stereocenters. The van der Waals surface area contributed by atoms with E-state index in [1.54, 1.807) is 0 Å². The fourth-order valence-electron chi connectivity index (χ4n) is 3.92. The average Bonchev–Trinajstić information content (AvgIpc) is 2.45. The number of aliphatic carboxylic acids is 1. The minimum Gasteiger partial charge on any atom is -0.481 e. The quantitative estimate of drug-likeness (QED) is 0.573. The van der Waals surface area contributed by atoms with Crippen LogP contribution in [0.2, 0.25) is 0 Å². The van der Waals surface area contributed by atoms with E-state index in [4.69, 9.17) is 5.11 Å². The van der Waals surface area contributed by atoms with E-state index in [9.17, 15) is 20.1 Å². The maximum Gasteiger partial charge on any atom is 0.305 e. The van der Waals surface area contributed by atoms with Crippen molar-refractivity contribution in [3.8, 4) is 0 Å². The van der Waals surface area contributed by atoms with E-state index in [2.05, 4.69) is 19.1 Å². The third kappa shape index (κ3) is 5.16. The summed E-state index contributed by atoms with van der Waals surface area (Å²) in [5, 5.41) is 38.1. The van der Waals surface area contributed by atoms with Gasteiger partial charge in [0.2, 0.25) is 0 Å². The van der Waals surface area contributed by atoms with Gasteiger partial charge in [0.25, 0.3) is 0 Å². The van der Waals surface area contributed by atoms with Gasteiger partial charge < -0.3 is 20.4 Å². The van der Waals surface area contributed by atoms with E-state index in [1.165, 1.54) is 5.57 Å². The molecule has 0 spiro atoms. The zero-order valence-corrected chi connectivity index (χ0v) is 13.6. The van der Waals surface area contributed by atoms with Crippen LogP contribution >= 0.6 is 0 Å². The molecule has 130 valence electrons. The van der Waals surface area contributed by atoms with Crippen molar-refractivity contribution in [3.05, 3.63) is 23.8 Å². The van der Waals surface area contributed by atoms with Crippen LogP contribution < -0.4 is 0 Å². The highest BCUT2D eigenvalue weighted by molar-refractivity contribution is 5.67. The number of allylic oxidation sites excluding steroid dienone is 3. The van der Waals surface area contributed by atoms with Crippen LogP contribution in [0.4, 0.5) is 0 Å². The summed E-state index contributed by atoms with van der Waals surface area (Å²) in [5.74, 6) is 0.217. The number of rotatable bonds is 7. The first-order chi connectivity index (χ1) is 10.9. The number of carboxylic acid groups (broad SMARTS) is 1. The number of hydrogen-bond donors (Lipinski definition) is 4. The van der Waals surface area contributed by atoms with Crippen molar-refractivity contribution in [2.24, 2.45) is 17.8 Å². The third-order valence-electron chi connectivity index (χ3n) is 5.16. The number of fused-ring (bicyclic) bond motifs is 1. The summed E-state index contributed by atoms with van der Waals surface area (Å²) in [4.78, 5) is 10.5. The van der Waals surface area contributed by atoms with Crippen LogP contribution in [0.15, 0.2) is 23.8 Å². The molecule has 5 heteroatoms. The lowest BCUT2D eigenvalue weighted by molar-refractivity contribution is -0.139. The maximum absolute atomic E-state index is 10.5. The first-order valence-corrected chi connectivity index (χ1v) is 8.52. The maximum atomic E-state index is 10.5. The van der Waals surface area contributed by atoms with Crippen molar-refractivity contribution in [1.29, 1.82) is 0 Å². The van der Waals surface area contributed by atoms with Gasteiger partial charge >= 0.3 is 5.97 Å². The minimum absolute atomic E-state index is 0.106. The summed E-state index contributed by atoms with van der Waals surface area (Å²) in [5.41, 5.74) is 1.20. The largest absolute Gasteiger partial charge is 0.481 e. The second kappa shape index (κ2) is 8.08. The van der Waals surface area contributed by atoms with Crippen molar-refractivity contribution >= 4 is 5.97 Å². The predicted octanol–water partition coefficient (Wildman–Crippen LogP) is 1.87. The first-order valence-electron chi connectivity index (χ1n) is 8.52. The standard InChI is InChI=1S/C18H28O5/c1-11-2-3-12-8-13(19)5-7-17(12)16(11)6-4-14(20)9-15(21)10-18(22)23/h2-3,8,11,13-17,19-21H,4-7,9-10H2,1H3,(H,22,23). The van der Waals surface area contributed by atoms with E-state index < -0.39 is 18.2 Å². The lowest BCUT2D eigenvalue weighted by atomic mass is 9.67. The van der Waals surface area contributed by atoms with Crippen LogP contribution in [-0.4, -0.2) is 44.7 Å². The van der Waals surface area contributed by atoms with Gasteiger partial charge in [0.05, 0.1) is 24.7 Å². The predicted molar refractivity (Wildman–Crippen MR) is 86.7 cm³/mol. The van der Waals surface area contributed by atoms with Crippen LogP contribution in [0.25, 0.3) is 0 Å². The molecule has 0 fully saturated rings. The van der Waals surface area contributed by atoms with Gasteiger partial charge in [0, 0.05) is 0 Å². The molecule has 2 aliphatic rings. The second-order valence-corrected chi connectivity index (χ2v) is 7.02. The lowest BCUT2D eigenvalue weighted by Gasteiger charge is -2.38. The smallest absolute Gasteiger partial charge is 0.305 e. The summed E-state index contributed by atoms with van der Waals surface area (Å²) in [6, 6.07) is 0. The Morgan fingerprint density at radius 2 is 2.04 bits per heavy atom. The highest BCUT2D eigenvalue weighted by atomic mass is 16.4. The molecule has 0 aromatic carbocycles. The molecular weight excluding hydrogens is 296 g/mol. The fraction of sp³-hybridized carbons (Fsp3) is 0.722. The summed E-state index contributed by atoms with van der Waals surface area (Å²) in [6.07, 6.45) is 7.12. The van der Waals surface area contributed by atoms with Crippen LogP contribution in [-0.2, 0) is 4.79 Å². The SMILES string of the molecule is CC1C=CC2=CC(O)CCC2C1CCC(O)CC(O)CC(=O)O. The summed E-state index contributed by atoms with van der Waals surface area (Å²) in [6.45, 7) is 2.18. The second-order valence-electron chi connectivity index (χ2n) is 7.02. The molecule has 0 aromatic rings. The van der Waals surface area contributed by atoms with E-state index in [-0.39, 0.29) is 18.9 Å². The van der Waals surface area contributed by atoms with Gasteiger partial charge in [-0.2, -0.15) is 0 Å². The van der Waals surface area contributed by atoms with Crippen LogP contribution in [0, 0.1) is 17.8 Å². The molecule has 0 radical (unpaired) electrons. The minimum atomic E-state index is -1.05. The van der Waals surface area contributed by atoms with Gasteiger partial charge in [0.15, 0.2) is 0 Å². The number of aliphatic hydroxyl groups is 3. The van der Waals surface area contributed by atoms with Crippen LogP contribution in [0.1, 0.15) is 45.4 Å². The molecule has 4 N–H and O–H groups in total. The molecular formula is C18H28O5. The molecule has 6 atom stereocenters. The molecule has 0 heterocycles. The van der Waals surface area contributed by atoms with E-state index >= 15 is 0 Å². The number of aliphatic hydroxyl groups excluding tert-OH is 3. The molecule has 5 nitrogen and oxygen atoms in total. The zero-order valence-electron chi connectivity index (χ0n) is 13.6. The van der Waals surface area contributed by atoms with Gasteiger partial charge in [-0.25, -0.2) is 0 Å². The van der Waals surface area contributed by atoms with Gasteiger partial charge in [-0.3, -0.25) is 4.79 Å². The third-order valence-corrected chi connectivity index (χ3v) is 5.16. The van der Waals surface area contributed by atoms with Gasteiger partial charge in [-0.15, -0.1) is 0 Å². The normalized spacial score (nSPS) is 32.8. The molecule has 0 amide bonds. The van der Waals surface area contributed by atoms with E-state index in [0.29, 0.717) is 24.2 Å². The Morgan fingerprint density at radius 1 is 1.30 bits per heavy atom. The van der Waals surface area contributed by atoms with Crippen molar-refractivity contribution in [2.45, 2.75) is 63.8 Å². The molecule has 0 saturated carbocycles. The highest BCUT2D eigenvalue weighted by Gasteiger charge is 2.33. The number of hydrogen-bond acceptors (Lipinski definition) is 4. The topological polar surface area (TPSA) is 98.0 Å². The van der Waals surface area contributed by atoms with E-state index in [0.717, 1.165) is 19.3 Å². The molecule has 0 aromatic heterocycles. The highest BCUT2D eigenvalue weighted by Crippen LogP contribution is 2.42. The van der Waals surface area contributed by atoms with Crippen molar-refractivity contribution in [2.75, 3.05) is 0 Å². The molecule has 0 aliphatic heterocycles. The van der Waals surface area contributed by atoms with E-state index in [1.807, 2.05) is 6.08 Å². The number of carboxylic acids is 1. The fourth-order valence-corrected chi connectivity index (χ4v) is 3.92. The first kappa shape index (κ1) is 18.2. The van der Waals surface area contributed by atoms with Crippen LogP contribution in [0.3, 0.4) is 0 Å². The molecule has 0 bridgehead atoms. The Hall–Kier alpha value is -1.17. The average molecular weight is 324 g/mol. The zero-order chi connectivity index (χ0) is 17.0. The molecule has 2 rings (SSSR count). The molecule has 0 saturated heterocycles. The van der Waals surface area contributed by atoms with Gasteiger partial charge in [-0.1, -0.05) is 25.2 Å². The Balaban J connectivity index is 1.88. The van der Waals surface area contributed by atoms with Gasteiger partial charge in [-0.05, 0) is 55.4 Å². The number of carbonyl (C=O) groups is 1. The Kier molecular flexibility index (Phi) is 6.39. The summed E-state index contributed by atoms with van der Waals surface area (Å²) >= 11 is 0. The Bertz CT molecular complexity index is 470. The summed E-state index contributed by atoms with van der Waals surface area (Å²) in [7, 11) is 0. The van der Waals surface area contributed by atoms with Gasteiger partial charge in [0.1, 0.15) is 0 Å².